The Morgan fingerprint density at radius 1 is 1.18 bits per heavy atom. The molecule has 0 radical (unpaired) electrons. The van der Waals surface area contributed by atoms with E-state index < -0.39 is 6.30 Å². The van der Waals surface area contributed by atoms with E-state index in [0.717, 1.165) is 42.4 Å². The summed E-state index contributed by atoms with van der Waals surface area (Å²) in [6.45, 7) is 4.14. The lowest BCUT2D eigenvalue weighted by Crippen LogP contribution is -2.46. The van der Waals surface area contributed by atoms with E-state index in [9.17, 15) is 19.1 Å². The van der Waals surface area contributed by atoms with Crippen molar-refractivity contribution in [2.75, 3.05) is 38.1 Å². The molecule has 1 aliphatic heterocycles. The van der Waals surface area contributed by atoms with Gasteiger partial charge >= 0.3 is 0 Å². The molecule has 1 unspecified atom stereocenters. The summed E-state index contributed by atoms with van der Waals surface area (Å²) in [5, 5.41) is 19.0. The van der Waals surface area contributed by atoms with Gasteiger partial charge in [0.15, 0.2) is 18.7 Å². The van der Waals surface area contributed by atoms with Crippen LogP contribution in [0.25, 0.3) is 0 Å². The third kappa shape index (κ3) is 8.41. The Bertz CT molecular complexity index is 1120. The number of benzene rings is 2. The Morgan fingerprint density at radius 3 is 2.79 bits per heavy atom. The standard InChI is InChI=1S/C30H41FN4O4/c1-21-6-5-7-22(18-21)19-26(31)33-15-13-28(38)35(24-8-3-2-4-9-24)17-16-32-14-12-23-10-11-25(36)29-30(23)39-20-27(37)34-29/h5-7,10-11,18,24,26,32-33,36H,2-4,8-9,12-17,19-20H2,1H3,(H,34,37). The van der Waals surface area contributed by atoms with Crippen molar-refractivity contribution in [1.82, 2.24) is 15.5 Å². The van der Waals surface area contributed by atoms with Crippen molar-refractivity contribution in [3.63, 3.8) is 0 Å². The number of phenolic OH excluding ortho intramolecular Hbond substituents is 1. The number of aromatic hydroxyl groups is 1. The fourth-order valence-electron chi connectivity index (χ4n) is 5.46. The summed E-state index contributed by atoms with van der Waals surface area (Å²) in [4.78, 5) is 26.8. The Hall–Kier alpha value is -3.17. The van der Waals surface area contributed by atoms with Gasteiger partial charge in [-0.05, 0) is 49.9 Å². The van der Waals surface area contributed by atoms with Crippen LogP contribution in [0.5, 0.6) is 11.5 Å². The van der Waals surface area contributed by atoms with E-state index in [-0.39, 0.29) is 43.1 Å². The van der Waals surface area contributed by atoms with Crippen LogP contribution in [-0.4, -0.2) is 66.9 Å². The minimum atomic E-state index is -1.19. The molecule has 2 aliphatic rings. The molecule has 1 heterocycles. The summed E-state index contributed by atoms with van der Waals surface area (Å²) in [5.41, 5.74) is 3.27. The molecule has 1 aliphatic carbocycles. The summed E-state index contributed by atoms with van der Waals surface area (Å²) in [6.07, 6.45) is 5.52. The normalized spacial score (nSPS) is 16.2. The van der Waals surface area contributed by atoms with Gasteiger partial charge in [-0.3, -0.25) is 14.9 Å². The van der Waals surface area contributed by atoms with Gasteiger partial charge in [-0.1, -0.05) is 55.2 Å². The van der Waals surface area contributed by atoms with Gasteiger partial charge in [0.1, 0.15) is 11.4 Å². The maximum Gasteiger partial charge on any atom is 0.262 e. The zero-order chi connectivity index (χ0) is 27.6. The number of carbonyl (C=O) groups excluding carboxylic acids is 2. The summed E-state index contributed by atoms with van der Waals surface area (Å²) >= 11 is 0. The lowest BCUT2D eigenvalue weighted by Gasteiger charge is -2.35. The number of phenols is 1. The zero-order valence-corrected chi connectivity index (χ0v) is 22.8. The number of amides is 2. The van der Waals surface area contributed by atoms with Crippen LogP contribution in [0.15, 0.2) is 36.4 Å². The molecule has 2 aromatic carbocycles. The Balaban J connectivity index is 1.23. The van der Waals surface area contributed by atoms with Crippen molar-refractivity contribution in [2.45, 2.75) is 70.6 Å². The Labute approximate surface area is 230 Å². The third-order valence-electron chi connectivity index (χ3n) is 7.47. The van der Waals surface area contributed by atoms with E-state index in [0.29, 0.717) is 44.0 Å². The van der Waals surface area contributed by atoms with Gasteiger partial charge in [-0.2, -0.15) is 0 Å². The first-order valence-electron chi connectivity index (χ1n) is 14.1. The number of fused-ring (bicyclic) bond motifs is 1. The van der Waals surface area contributed by atoms with Gasteiger partial charge < -0.3 is 25.4 Å². The number of ether oxygens (including phenoxy) is 1. The molecule has 2 amide bonds. The predicted molar refractivity (Wildman–Crippen MR) is 150 cm³/mol. The minimum Gasteiger partial charge on any atom is -0.506 e. The fourth-order valence-corrected chi connectivity index (χ4v) is 5.46. The molecule has 9 heteroatoms. The van der Waals surface area contributed by atoms with Crippen LogP contribution in [0.4, 0.5) is 10.1 Å². The van der Waals surface area contributed by atoms with Crippen molar-refractivity contribution in [2.24, 2.45) is 0 Å². The minimum absolute atomic E-state index is 0.0138. The topological polar surface area (TPSA) is 103 Å². The van der Waals surface area contributed by atoms with Crippen LogP contribution in [0.2, 0.25) is 0 Å². The Morgan fingerprint density at radius 2 is 2.00 bits per heavy atom. The van der Waals surface area contributed by atoms with E-state index >= 15 is 0 Å². The van der Waals surface area contributed by atoms with Gasteiger partial charge in [-0.25, -0.2) is 4.39 Å². The van der Waals surface area contributed by atoms with Crippen molar-refractivity contribution in [3.05, 3.63) is 53.1 Å². The highest BCUT2D eigenvalue weighted by molar-refractivity contribution is 5.97. The smallest absolute Gasteiger partial charge is 0.262 e. The highest BCUT2D eigenvalue weighted by Gasteiger charge is 2.25. The van der Waals surface area contributed by atoms with E-state index in [1.54, 1.807) is 12.1 Å². The SMILES string of the molecule is Cc1cccc(CC(F)NCCC(=O)N(CCNCCc2ccc(O)c3c2OCC(=O)N3)C2CCCCC2)c1. The van der Waals surface area contributed by atoms with Crippen molar-refractivity contribution >= 4 is 17.5 Å². The molecule has 4 rings (SSSR count). The van der Waals surface area contributed by atoms with E-state index in [1.165, 1.54) is 6.42 Å². The third-order valence-corrected chi connectivity index (χ3v) is 7.47. The van der Waals surface area contributed by atoms with Crippen molar-refractivity contribution < 1.29 is 23.8 Å². The first kappa shape index (κ1) is 28.8. The molecule has 4 N–H and O–H groups in total. The number of hydrogen-bond acceptors (Lipinski definition) is 6. The van der Waals surface area contributed by atoms with Gasteiger partial charge in [0.05, 0.1) is 0 Å². The maximum absolute atomic E-state index is 14.5. The van der Waals surface area contributed by atoms with Crippen LogP contribution >= 0.6 is 0 Å². The molecular formula is C30H41FN4O4. The lowest BCUT2D eigenvalue weighted by atomic mass is 9.94. The number of nitrogens with zero attached hydrogens (tertiary/aromatic N) is 1. The highest BCUT2D eigenvalue weighted by Crippen LogP contribution is 2.39. The number of carbonyl (C=O) groups is 2. The molecule has 39 heavy (non-hydrogen) atoms. The van der Waals surface area contributed by atoms with Crippen LogP contribution in [0.1, 0.15) is 55.2 Å². The lowest BCUT2D eigenvalue weighted by molar-refractivity contribution is -0.134. The number of hydrogen-bond donors (Lipinski definition) is 4. The molecule has 0 saturated heterocycles. The number of alkyl halides is 1. The monoisotopic (exact) mass is 540 g/mol. The van der Waals surface area contributed by atoms with Crippen LogP contribution in [0.3, 0.4) is 0 Å². The highest BCUT2D eigenvalue weighted by atomic mass is 19.1. The fraction of sp³-hybridized carbons (Fsp3) is 0.533. The summed E-state index contributed by atoms with van der Waals surface area (Å²) in [6, 6.07) is 11.4. The second-order valence-corrected chi connectivity index (χ2v) is 10.5. The summed E-state index contributed by atoms with van der Waals surface area (Å²) in [5.74, 6) is 0.274. The van der Waals surface area contributed by atoms with Crippen LogP contribution in [0, 0.1) is 6.92 Å². The molecule has 2 aromatic rings. The zero-order valence-electron chi connectivity index (χ0n) is 22.8. The first-order valence-corrected chi connectivity index (χ1v) is 14.1. The van der Waals surface area contributed by atoms with Gasteiger partial charge in [0.2, 0.25) is 5.91 Å². The summed E-state index contributed by atoms with van der Waals surface area (Å²) in [7, 11) is 0. The van der Waals surface area contributed by atoms with Crippen molar-refractivity contribution in [1.29, 1.82) is 0 Å². The molecule has 1 fully saturated rings. The quantitative estimate of drug-likeness (QED) is 0.175. The van der Waals surface area contributed by atoms with Gasteiger partial charge in [0, 0.05) is 38.5 Å². The molecule has 0 aromatic heterocycles. The van der Waals surface area contributed by atoms with Crippen LogP contribution in [-0.2, 0) is 22.4 Å². The Kier molecular flexibility index (Phi) is 10.6. The second-order valence-electron chi connectivity index (χ2n) is 10.5. The molecule has 1 saturated carbocycles. The molecule has 0 bridgehead atoms. The molecule has 8 nitrogen and oxygen atoms in total. The number of rotatable bonds is 13. The van der Waals surface area contributed by atoms with E-state index in [2.05, 4.69) is 16.0 Å². The van der Waals surface area contributed by atoms with Crippen LogP contribution < -0.4 is 20.7 Å². The number of halogens is 1. The predicted octanol–water partition coefficient (Wildman–Crippen LogP) is 3.84. The van der Waals surface area contributed by atoms with Gasteiger partial charge in [0.25, 0.3) is 5.91 Å². The molecule has 1 atom stereocenters. The largest absolute Gasteiger partial charge is 0.506 e. The van der Waals surface area contributed by atoms with Crippen molar-refractivity contribution in [3.8, 4) is 11.5 Å². The van der Waals surface area contributed by atoms with E-state index in [4.69, 9.17) is 4.74 Å². The van der Waals surface area contributed by atoms with Gasteiger partial charge in [-0.15, -0.1) is 0 Å². The molecule has 0 spiro atoms. The number of aryl methyl sites for hydroxylation is 1. The number of anilines is 1. The average Bonchev–Trinajstić information content (AvgIpc) is 2.92. The molecule has 212 valence electrons. The number of nitrogens with one attached hydrogen (secondary N) is 3. The van der Waals surface area contributed by atoms with E-state index in [1.807, 2.05) is 36.1 Å². The summed E-state index contributed by atoms with van der Waals surface area (Å²) < 4.78 is 20.1. The molecular weight excluding hydrogens is 499 g/mol. The second kappa shape index (κ2) is 14.3. The maximum atomic E-state index is 14.5. The average molecular weight is 541 g/mol. The first-order chi connectivity index (χ1) is 18.9.